The molecule has 1 amide bonds. The molecule has 0 saturated heterocycles. The summed E-state index contributed by atoms with van der Waals surface area (Å²) in [5.74, 6) is 1.32. The molecule has 1 atom stereocenters. The first kappa shape index (κ1) is 17.0. The number of halogens is 1. The van der Waals surface area contributed by atoms with E-state index in [4.69, 9.17) is 4.74 Å². The second-order valence-electron chi connectivity index (χ2n) is 5.38. The fourth-order valence-corrected chi connectivity index (χ4v) is 3.23. The number of amides is 1. The standard InChI is InChI=1S/C16H24BrNO2/c1-5-20-16-10-13(9-14(17)8-11(2)3)6-7-15(16)18-12(4)19/h6-7,10-11,14H,5,8-9H2,1-4H3,(H,18,19). The molecule has 0 aliphatic rings. The van der Waals surface area contributed by atoms with E-state index in [1.807, 2.05) is 25.1 Å². The van der Waals surface area contributed by atoms with Crippen molar-refractivity contribution >= 4 is 27.5 Å². The maximum atomic E-state index is 11.2. The number of nitrogens with one attached hydrogen (secondary N) is 1. The molecule has 0 bridgehead atoms. The van der Waals surface area contributed by atoms with E-state index in [1.54, 1.807) is 0 Å². The number of hydrogen-bond donors (Lipinski definition) is 1. The molecule has 1 unspecified atom stereocenters. The number of benzene rings is 1. The van der Waals surface area contributed by atoms with Crippen molar-refractivity contribution < 1.29 is 9.53 Å². The van der Waals surface area contributed by atoms with E-state index in [-0.39, 0.29) is 5.91 Å². The lowest BCUT2D eigenvalue weighted by molar-refractivity contribution is -0.114. The Hall–Kier alpha value is -1.03. The summed E-state index contributed by atoms with van der Waals surface area (Å²) in [6.45, 7) is 8.47. The molecule has 0 aliphatic carbocycles. The van der Waals surface area contributed by atoms with Crippen LogP contribution in [0.25, 0.3) is 0 Å². The van der Waals surface area contributed by atoms with Gasteiger partial charge in [0.05, 0.1) is 12.3 Å². The summed E-state index contributed by atoms with van der Waals surface area (Å²) in [5.41, 5.74) is 1.95. The van der Waals surface area contributed by atoms with Crippen LogP contribution < -0.4 is 10.1 Å². The van der Waals surface area contributed by atoms with E-state index < -0.39 is 0 Å². The Morgan fingerprint density at radius 1 is 1.40 bits per heavy atom. The fourth-order valence-electron chi connectivity index (χ4n) is 2.11. The molecular weight excluding hydrogens is 318 g/mol. The molecule has 0 aromatic heterocycles. The Balaban J connectivity index is 2.83. The average molecular weight is 342 g/mol. The number of carbonyl (C=O) groups excluding carboxylic acids is 1. The van der Waals surface area contributed by atoms with Gasteiger partial charge in [-0.15, -0.1) is 0 Å². The Bertz CT molecular complexity index is 446. The van der Waals surface area contributed by atoms with Gasteiger partial charge in [0.25, 0.3) is 0 Å². The number of alkyl halides is 1. The zero-order chi connectivity index (χ0) is 15.1. The van der Waals surface area contributed by atoms with Gasteiger partial charge in [0, 0.05) is 11.8 Å². The summed E-state index contributed by atoms with van der Waals surface area (Å²) < 4.78 is 5.61. The first-order valence-corrected chi connectivity index (χ1v) is 8.01. The summed E-state index contributed by atoms with van der Waals surface area (Å²) in [7, 11) is 0. The fraction of sp³-hybridized carbons (Fsp3) is 0.562. The lowest BCUT2D eigenvalue weighted by Gasteiger charge is -2.15. The zero-order valence-electron chi connectivity index (χ0n) is 12.7. The van der Waals surface area contributed by atoms with Crippen LogP contribution in [0, 0.1) is 5.92 Å². The van der Waals surface area contributed by atoms with E-state index in [2.05, 4.69) is 35.1 Å². The van der Waals surface area contributed by atoms with Crippen LogP contribution in [0.1, 0.15) is 39.7 Å². The summed E-state index contributed by atoms with van der Waals surface area (Å²) in [5, 5.41) is 2.80. The van der Waals surface area contributed by atoms with Gasteiger partial charge in [0.2, 0.25) is 5.91 Å². The van der Waals surface area contributed by atoms with Crippen LogP contribution in [0.5, 0.6) is 5.75 Å². The molecule has 1 aromatic rings. The van der Waals surface area contributed by atoms with Gasteiger partial charge in [-0.05, 0) is 43.4 Å². The minimum absolute atomic E-state index is 0.0862. The third-order valence-electron chi connectivity index (χ3n) is 2.84. The van der Waals surface area contributed by atoms with Crippen LogP contribution in [-0.2, 0) is 11.2 Å². The molecule has 112 valence electrons. The first-order valence-electron chi connectivity index (χ1n) is 7.09. The molecule has 0 saturated carbocycles. The molecule has 0 fully saturated rings. The second-order valence-corrected chi connectivity index (χ2v) is 6.67. The molecule has 1 N–H and O–H groups in total. The van der Waals surface area contributed by atoms with Crippen molar-refractivity contribution in [1.29, 1.82) is 0 Å². The van der Waals surface area contributed by atoms with Crippen LogP contribution in [0.15, 0.2) is 18.2 Å². The summed E-state index contributed by atoms with van der Waals surface area (Å²) in [4.78, 5) is 11.6. The van der Waals surface area contributed by atoms with Crippen LogP contribution in [0.4, 0.5) is 5.69 Å². The highest BCUT2D eigenvalue weighted by Gasteiger charge is 2.11. The van der Waals surface area contributed by atoms with Gasteiger partial charge in [-0.25, -0.2) is 0 Å². The van der Waals surface area contributed by atoms with Gasteiger partial charge in [0.1, 0.15) is 5.75 Å². The van der Waals surface area contributed by atoms with E-state index in [1.165, 1.54) is 12.5 Å². The lowest BCUT2D eigenvalue weighted by atomic mass is 10.0. The second kappa shape index (κ2) is 8.30. The largest absolute Gasteiger partial charge is 0.492 e. The predicted molar refractivity (Wildman–Crippen MR) is 87.8 cm³/mol. The van der Waals surface area contributed by atoms with Crippen molar-refractivity contribution in [3.05, 3.63) is 23.8 Å². The van der Waals surface area contributed by atoms with E-state index >= 15 is 0 Å². The van der Waals surface area contributed by atoms with Crippen molar-refractivity contribution in [3.8, 4) is 5.75 Å². The Morgan fingerprint density at radius 3 is 2.65 bits per heavy atom. The maximum Gasteiger partial charge on any atom is 0.221 e. The van der Waals surface area contributed by atoms with Gasteiger partial charge >= 0.3 is 0 Å². The predicted octanol–water partition coefficient (Wildman–Crippen LogP) is 4.40. The van der Waals surface area contributed by atoms with Crippen LogP contribution in [0.3, 0.4) is 0 Å². The third-order valence-corrected chi connectivity index (χ3v) is 3.54. The van der Waals surface area contributed by atoms with Crippen molar-refractivity contribution in [2.45, 2.75) is 45.4 Å². The molecule has 0 aliphatic heterocycles. The quantitative estimate of drug-likeness (QED) is 0.746. The van der Waals surface area contributed by atoms with Crippen molar-refractivity contribution in [1.82, 2.24) is 0 Å². The van der Waals surface area contributed by atoms with Crippen LogP contribution in [-0.4, -0.2) is 17.3 Å². The van der Waals surface area contributed by atoms with E-state index in [9.17, 15) is 4.79 Å². The van der Waals surface area contributed by atoms with Crippen LogP contribution >= 0.6 is 15.9 Å². The molecule has 4 heteroatoms. The van der Waals surface area contributed by atoms with Gasteiger partial charge in [0.15, 0.2) is 0 Å². The minimum Gasteiger partial charge on any atom is -0.492 e. The van der Waals surface area contributed by atoms with Crippen molar-refractivity contribution in [2.24, 2.45) is 5.92 Å². The highest BCUT2D eigenvalue weighted by Crippen LogP contribution is 2.28. The molecular formula is C16H24BrNO2. The topological polar surface area (TPSA) is 38.3 Å². The Morgan fingerprint density at radius 2 is 2.10 bits per heavy atom. The molecule has 3 nitrogen and oxygen atoms in total. The molecule has 1 rings (SSSR count). The van der Waals surface area contributed by atoms with Crippen molar-refractivity contribution in [3.63, 3.8) is 0 Å². The highest BCUT2D eigenvalue weighted by atomic mass is 79.9. The SMILES string of the molecule is CCOc1cc(CC(Br)CC(C)C)ccc1NC(C)=O. The van der Waals surface area contributed by atoms with Gasteiger partial charge < -0.3 is 10.1 Å². The summed E-state index contributed by atoms with van der Waals surface area (Å²) in [6.07, 6.45) is 2.09. The number of rotatable bonds is 7. The smallest absolute Gasteiger partial charge is 0.221 e. The number of hydrogen-bond acceptors (Lipinski definition) is 2. The normalized spacial score (nSPS) is 12.3. The van der Waals surface area contributed by atoms with Gasteiger partial charge in [-0.3, -0.25) is 4.79 Å². The molecule has 0 radical (unpaired) electrons. The van der Waals surface area contributed by atoms with Crippen molar-refractivity contribution in [2.75, 3.05) is 11.9 Å². The zero-order valence-corrected chi connectivity index (χ0v) is 14.3. The van der Waals surface area contributed by atoms with E-state index in [0.29, 0.717) is 17.4 Å². The minimum atomic E-state index is -0.0862. The molecule has 0 heterocycles. The maximum absolute atomic E-state index is 11.2. The summed E-state index contributed by atoms with van der Waals surface area (Å²) >= 11 is 3.73. The molecule has 1 aromatic carbocycles. The molecule has 20 heavy (non-hydrogen) atoms. The monoisotopic (exact) mass is 341 g/mol. The first-order chi connectivity index (χ1) is 9.42. The summed E-state index contributed by atoms with van der Waals surface area (Å²) in [6, 6.07) is 5.97. The van der Waals surface area contributed by atoms with E-state index in [0.717, 1.165) is 24.3 Å². The number of ether oxygens (including phenoxy) is 1. The van der Waals surface area contributed by atoms with Crippen LogP contribution in [0.2, 0.25) is 0 Å². The number of carbonyl (C=O) groups is 1. The highest BCUT2D eigenvalue weighted by molar-refractivity contribution is 9.09. The Labute approximate surface area is 130 Å². The van der Waals surface area contributed by atoms with Gasteiger partial charge in [-0.2, -0.15) is 0 Å². The lowest BCUT2D eigenvalue weighted by Crippen LogP contribution is -2.10. The Kier molecular flexibility index (Phi) is 7.06. The molecule has 0 spiro atoms. The number of anilines is 1. The third kappa shape index (κ3) is 5.95. The average Bonchev–Trinajstić information content (AvgIpc) is 2.31. The van der Waals surface area contributed by atoms with Gasteiger partial charge in [-0.1, -0.05) is 35.8 Å².